The second-order valence-electron chi connectivity index (χ2n) is 6.61. The number of para-hydroxylation sites is 2. The van der Waals surface area contributed by atoms with Crippen LogP contribution in [0.5, 0.6) is 0 Å². The van der Waals surface area contributed by atoms with Gasteiger partial charge in [-0.1, -0.05) is 24.3 Å². The average molecular weight is 364 g/mol. The number of nitrogens with zero attached hydrogens (tertiary/aromatic N) is 2. The van der Waals surface area contributed by atoms with E-state index in [-0.39, 0.29) is 12.0 Å². The van der Waals surface area contributed by atoms with Crippen LogP contribution < -0.4 is 5.73 Å². The zero-order valence-corrected chi connectivity index (χ0v) is 14.7. The number of nitrogens with two attached hydrogens (primary N) is 1. The number of ether oxygens (including phenoxy) is 1. The first-order valence-corrected chi connectivity index (χ1v) is 8.91. The number of carbonyl (C=O) groups is 2. The second-order valence-corrected chi connectivity index (χ2v) is 6.61. The number of hydrogen-bond acceptors (Lipinski definition) is 4. The number of hydrogen-bond donors (Lipinski definition) is 2. The van der Waals surface area contributed by atoms with E-state index < -0.39 is 6.09 Å². The highest BCUT2D eigenvalue weighted by molar-refractivity contribution is 5.94. The Kier molecular flexibility index (Phi) is 4.50. The third-order valence-electron chi connectivity index (χ3n) is 4.81. The van der Waals surface area contributed by atoms with Gasteiger partial charge in [0.2, 0.25) is 0 Å². The van der Waals surface area contributed by atoms with Gasteiger partial charge in [-0.25, -0.2) is 9.78 Å². The summed E-state index contributed by atoms with van der Waals surface area (Å²) in [6, 6.07) is 15.3. The molecular weight excluding hydrogens is 344 g/mol. The monoisotopic (exact) mass is 364 g/mol. The molecule has 2 aromatic carbocycles. The van der Waals surface area contributed by atoms with Crippen molar-refractivity contribution in [3.63, 3.8) is 0 Å². The van der Waals surface area contributed by atoms with Gasteiger partial charge in [0.25, 0.3) is 5.91 Å². The quantitative estimate of drug-likeness (QED) is 0.746. The normalized spacial score (nSPS) is 15.0. The van der Waals surface area contributed by atoms with Crippen molar-refractivity contribution in [3.05, 3.63) is 54.1 Å². The Bertz CT molecular complexity index is 939. The highest BCUT2D eigenvalue weighted by Gasteiger charge is 2.25. The van der Waals surface area contributed by atoms with Crippen molar-refractivity contribution < 1.29 is 14.3 Å². The van der Waals surface area contributed by atoms with Gasteiger partial charge in [-0.3, -0.25) is 4.79 Å². The number of carbonyl (C=O) groups excluding carboxylic acids is 2. The molecule has 1 saturated heterocycles. The Morgan fingerprint density at radius 1 is 1.07 bits per heavy atom. The smallest absolute Gasteiger partial charge is 0.404 e. The van der Waals surface area contributed by atoms with Gasteiger partial charge in [0.05, 0.1) is 11.0 Å². The number of fused-ring (bicyclic) bond motifs is 1. The van der Waals surface area contributed by atoms with Gasteiger partial charge >= 0.3 is 6.09 Å². The second kappa shape index (κ2) is 7.11. The van der Waals surface area contributed by atoms with Crippen LogP contribution in [-0.4, -0.2) is 46.1 Å². The number of nitrogens with one attached hydrogen (secondary N) is 1. The van der Waals surface area contributed by atoms with Crippen LogP contribution >= 0.6 is 0 Å². The minimum absolute atomic E-state index is 0.0244. The summed E-state index contributed by atoms with van der Waals surface area (Å²) in [6.45, 7) is 1.09. The molecule has 0 bridgehead atoms. The van der Waals surface area contributed by atoms with Gasteiger partial charge in [-0.05, 0) is 24.3 Å². The van der Waals surface area contributed by atoms with Crippen molar-refractivity contribution in [3.8, 4) is 11.4 Å². The molecule has 2 heterocycles. The van der Waals surface area contributed by atoms with Crippen molar-refractivity contribution in [2.45, 2.75) is 18.9 Å². The number of aromatic amines is 1. The van der Waals surface area contributed by atoms with Crippen molar-refractivity contribution in [1.82, 2.24) is 14.9 Å². The summed E-state index contributed by atoms with van der Waals surface area (Å²) in [6.07, 6.45) is 0.236. The molecule has 1 aliphatic rings. The number of likely N-dealkylation sites (tertiary alicyclic amines) is 1. The Hall–Kier alpha value is -3.35. The lowest BCUT2D eigenvalue weighted by Gasteiger charge is -2.31. The Labute approximate surface area is 156 Å². The number of piperidine rings is 1. The summed E-state index contributed by atoms with van der Waals surface area (Å²) in [5.74, 6) is 0.753. The third-order valence-corrected chi connectivity index (χ3v) is 4.81. The predicted octanol–water partition coefficient (Wildman–Crippen LogP) is 2.93. The highest BCUT2D eigenvalue weighted by Crippen LogP contribution is 2.22. The molecular formula is C20H20N4O3. The number of imidazole rings is 1. The average Bonchev–Trinajstić information content (AvgIpc) is 3.12. The first-order valence-electron chi connectivity index (χ1n) is 8.91. The summed E-state index contributed by atoms with van der Waals surface area (Å²) < 4.78 is 5.01. The van der Waals surface area contributed by atoms with Crippen molar-refractivity contribution in [1.29, 1.82) is 0 Å². The summed E-state index contributed by atoms with van der Waals surface area (Å²) in [5, 5.41) is 0. The molecule has 0 saturated carbocycles. The summed E-state index contributed by atoms with van der Waals surface area (Å²) in [5.41, 5.74) is 8.49. The van der Waals surface area contributed by atoms with Gasteiger partial charge in [0.1, 0.15) is 11.9 Å². The summed E-state index contributed by atoms with van der Waals surface area (Å²) >= 11 is 0. The van der Waals surface area contributed by atoms with E-state index in [1.165, 1.54) is 0 Å². The lowest BCUT2D eigenvalue weighted by atomic mass is 10.1. The van der Waals surface area contributed by atoms with E-state index >= 15 is 0 Å². The number of rotatable bonds is 3. The molecule has 0 aliphatic carbocycles. The van der Waals surface area contributed by atoms with E-state index in [0.717, 1.165) is 22.4 Å². The van der Waals surface area contributed by atoms with Gasteiger partial charge < -0.3 is 20.4 Å². The topological polar surface area (TPSA) is 101 Å². The van der Waals surface area contributed by atoms with Crippen LogP contribution in [0, 0.1) is 0 Å². The number of amides is 2. The van der Waals surface area contributed by atoms with Gasteiger partial charge in [-0.15, -0.1) is 0 Å². The first kappa shape index (κ1) is 17.1. The number of benzene rings is 2. The molecule has 7 nitrogen and oxygen atoms in total. The van der Waals surface area contributed by atoms with Crippen LogP contribution in [-0.2, 0) is 4.74 Å². The lowest BCUT2D eigenvalue weighted by molar-refractivity contribution is 0.0455. The van der Waals surface area contributed by atoms with Gasteiger partial charge in [-0.2, -0.15) is 0 Å². The van der Waals surface area contributed by atoms with Crippen molar-refractivity contribution >= 4 is 23.0 Å². The molecule has 4 rings (SSSR count). The first-order chi connectivity index (χ1) is 13.1. The van der Waals surface area contributed by atoms with E-state index in [1.807, 2.05) is 48.5 Å². The van der Waals surface area contributed by atoms with Crippen LogP contribution in [0.15, 0.2) is 48.5 Å². The largest absolute Gasteiger partial charge is 0.446 e. The molecule has 1 fully saturated rings. The fourth-order valence-electron chi connectivity index (χ4n) is 3.38. The number of H-pyrrole nitrogens is 1. The lowest BCUT2D eigenvalue weighted by Crippen LogP contribution is -2.41. The van der Waals surface area contributed by atoms with Crippen molar-refractivity contribution in [2.24, 2.45) is 5.73 Å². The molecule has 2 amide bonds. The van der Waals surface area contributed by atoms with E-state index in [1.54, 1.807) is 4.90 Å². The van der Waals surface area contributed by atoms with E-state index in [4.69, 9.17) is 10.5 Å². The molecule has 1 aromatic heterocycles. The fourth-order valence-corrected chi connectivity index (χ4v) is 3.38. The number of primary amides is 1. The summed E-state index contributed by atoms with van der Waals surface area (Å²) in [7, 11) is 0. The minimum Gasteiger partial charge on any atom is -0.446 e. The Morgan fingerprint density at radius 3 is 2.44 bits per heavy atom. The maximum Gasteiger partial charge on any atom is 0.404 e. The molecule has 7 heteroatoms. The molecule has 0 unspecified atom stereocenters. The van der Waals surface area contributed by atoms with E-state index in [9.17, 15) is 9.59 Å². The Morgan fingerprint density at radius 2 is 1.78 bits per heavy atom. The minimum atomic E-state index is -0.763. The zero-order chi connectivity index (χ0) is 18.8. The molecule has 0 atom stereocenters. The molecule has 138 valence electrons. The van der Waals surface area contributed by atoms with E-state index in [0.29, 0.717) is 31.5 Å². The maximum atomic E-state index is 12.7. The van der Waals surface area contributed by atoms with Crippen LogP contribution in [0.1, 0.15) is 23.2 Å². The van der Waals surface area contributed by atoms with Gasteiger partial charge in [0.15, 0.2) is 0 Å². The molecule has 3 N–H and O–H groups in total. The molecule has 3 aromatic rings. The maximum absolute atomic E-state index is 12.7. The molecule has 27 heavy (non-hydrogen) atoms. The van der Waals surface area contributed by atoms with Gasteiger partial charge in [0, 0.05) is 37.1 Å². The van der Waals surface area contributed by atoms with Crippen LogP contribution in [0.25, 0.3) is 22.4 Å². The number of aromatic nitrogens is 2. The summed E-state index contributed by atoms with van der Waals surface area (Å²) in [4.78, 5) is 33.1. The molecule has 0 radical (unpaired) electrons. The van der Waals surface area contributed by atoms with E-state index in [2.05, 4.69) is 9.97 Å². The SMILES string of the molecule is NC(=O)OC1CCN(C(=O)c2ccc(-c3nc4ccccc4[nH]3)cc2)CC1. The highest BCUT2D eigenvalue weighted by atomic mass is 16.6. The van der Waals surface area contributed by atoms with Crippen molar-refractivity contribution in [2.75, 3.05) is 13.1 Å². The predicted molar refractivity (Wildman–Crippen MR) is 101 cm³/mol. The van der Waals surface area contributed by atoms with Crippen LogP contribution in [0.4, 0.5) is 4.79 Å². The standard InChI is InChI=1S/C20H20N4O3/c21-20(26)27-15-9-11-24(12-10-15)19(25)14-7-5-13(6-8-14)18-22-16-3-1-2-4-17(16)23-18/h1-8,15H,9-12H2,(H2,21,26)(H,22,23). The van der Waals surface area contributed by atoms with Crippen LogP contribution in [0.2, 0.25) is 0 Å². The zero-order valence-electron chi connectivity index (χ0n) is 14.7. The molecule has 0 spiro atoms. The Balaban J connectivity index is 1.44. The van der Waals surface area contributed by atoms with Crippen LogP contribution in [0.3, 0.4) is 0 Å². The third kappa shape index (κ3) is 3.62. The fraction of sp³-hybridized carbons (Fsp3) is 0.250. The molecule has 1 aliphatic heterocycles.